The zero-order valence-corrected chi connectivity index (χ0v) is 13.0. The molecule has 0 radical (unpaired) electrons. The Labute approximate surface area is 112 Å². The van der Waals surface area contributed by atoms with Gasteiger partial charge in [0.25, 0.3) is 0 Å². The molecule has 0 bridgehead atoms. The number of amidine groups is 1. The second kappa shape index (κ2) is 7.96. The van der Waals surface area contributed by atoms with Crippen LogP contribution in [0.15, 0.2) is 4.99 Å². The standard InChI is InChI=1S/C8H18N3S.2BrH/c1-11(2,3)6-7-12-8-9-4-5-10-8;;/h4-7H2,1-3H3,(H,9,10);2*1H/q+1;;/p-1. The highest BCUT2D eigenvalue weighted by molar-refractivity contribution is 8.93. The maximum Gasteiger partial charge on any atom is 0.156 e. The lowest BCUT2D eigenvalue weighted by Gasteiger charge is -2.23. The van der Waals surface area contributed by atoms with Crippen LogP contribution in [-0.4, -0.2) is 56.2 Å². The second-order valence-electron chi connectivity index (χ2n) is 3.98. The zero-order chi connectivity index (χ0) is 9.03. The summed E-state index contributed by atoms with van der Waals surface area (Å²) in [6.07, 6.45) is 0. The molecular formula is C8H19Br2N3S. The third-order valence-electron chi connectivity index (χ3n) is 1.64. The molecule has 0 aromatic rings. The van der Waals surface area contributed by atoms with Gasteiger partial charge in [0.15, 0.2) is 5.17 Å². The van der Waals surface area contributed by atoms with Gasteiger partial charge in [0.05, 0.1) is 40.0 Å². The van der Waals surface area contributed by atoms with Gasteiger partial charge in [-0.25, -0.2) is 0 Å². The van der Waals surface area contributed by atoms with Gasteiger partial charge < -0.3 is 26.8 Å². The SMILES string of the molecule is Br.C[N+](C)(C)CCSC1=NCCN1.[Br-]. The lowest BCUT2D eigenvalue weighted by atomic mass is 10.6. The van der Waals surface area contributed by atoms with Gasteiger partial charge in [-0.15, -0.1) is 17.0 Å². The molecule has 0 atom stereocenters. The Morgan fingerprint density at radius 1 is 1.43 bits per heavy atom. The van der Waals surface area contributed by atoms with E-state index in [2.05, 4.69) is 31.5 Å². The lowest BCUT2D eigenvalue weighted by molar-refractivity contribution is -0.867. The minimum absolute atomic E-state index is 0. The fraction of sp³-hybridized carbons (Fsp3) is 0.875. The normalized spacial score (nSPS) is 14.9. The van der Waals surface area contributed by atoms with E-state index in [9.17, 15) is 0 Å². The van der Waals surface area contributed by atoms with Gasteiger partial charge in [-0.3, -0.25) is 4.99 Å². The fourth-order valence-electron chi connectivity index (χ4n) is 0.889. The van der Waals surface area contributed by atoms with Gasteiger partial charge in [0.2, 0.25) is 0 Å². The molecule has 0 fully saturated rings. The molecule has 0 amide bonds. The van der Waals surface area contributed by atoms with E-state index in [1.54, 1.807) is 0 Å². The first-order chi connectivity index (χ1) is 5.58. The average Bonchev–Trinajstić information content (AvgIpc) is 2.36. The van der Waals surface area contributed by atoms with Crippen molar-refractivity contribution in [3.8, 4) is 0 Å². The van der Waals surface area contributed by atoms with Crippen LogP contribution in [0.2, 0.25) is 0 Å². The smallest absolute Gasteiger partial charge is 0.156 e. The minimum Gasteiger partial charge on any atom is -1.00 e. The summed E-state index contributed by atoms with van der Waals surface area (Å²) in [7, 11) is 6.64. The van der Waals surface area contributed by atoms with Crippen LogP contribution >= 0.6 is 28.7 Å². The fourth-order valence-corrected chi connectivity index (χ4v) is 2.11. The van der Waals surface area contributed by atoms with Gasteiger partial charge in [-0.2, -0.15) is 0 Å². The molecule has 0 spiro atoms. The van der Waals surface area contributed by atoms with Gasteiger partial charge in [-0.05, 0) is 0 Å². The molecule has 1 heterocycles. The molecule has 0 unspecified atom stereocenters. The van der Waals surface area contributed by atoms with Gasteiger partial charge in [0, 0.05) is 6.54 Å². The topological polar surface area (TPSA) is 24.4 Å². The Morgan fingerprint density at radius 2 is 2.07 bits per heavy atom. The highest BCUT2D eigenvalue weighted by Crippen LogP contribution is 2.06. The predicted molar refractivity (Wildman–Crippen MR) is 66.0 cm³/mol. The van der Waals surface area contributed by atoms with Crippen molar-refractivity contribution in [1.29, 1.82) is 0 Å². The Hall–Kier alpha value is 0.740. The van der Waals surface area contributed by atoms with Crippen LogP contribution in [0.3, 0.4) is 0 Å². The van der Waals surface area contributed by atoms with Crippen molar-refractivity contribution >= 4 is 33.9 Å². The Balaban J connectivity index is 0. The highest BCUT2D eigenvalue weighted by Gasteiger charge is 2.09. The number of aliphatic imine (C=N–C) groups is 1. The summed E-state index contributed by atoms with van der Waals surface area (Å²) in [6, 6.07) is 0. The molecule has 14 heavy (non-hydrogen) atoms. The van der Waals surface area contributed by atoms with E-state index in [-0.39, 0.29) is 34.0 Å². The van der Waals surface area contributed by atoms with Crippen LogP contribution in [0.4, 0.5) is 0 Å². The number of rotatable bonds is 3. The molecule has 0 aromatic carbocycles. The molecule has 1 N–H and O–H groups in total. The van der Waals surface area contributed by atoms with Crippen molar-refractivity contribution in [2.45, 2.75) is 0 Å². The molecule has 3 nitrogen and oxygen atoms in total. The third kappa shape index (κ3) is 8.08. The summed E-state index contributed by atoms with van der Waals surface area (Å²) in [5.74, 6) is 1.15. The minimum atomic E-state index is 0. The van der Waals surface area contributed by atoms with E-state index in [0.717, 1.165) is 28.5 Å². The average molecular weight is 349 g/mol. The first-order valence-electron chi connectivity index (χ1n) is 4.29. The number of nitrogens with zero attached hydrogens (tertiary/aromatic N) is 2. The largest absolute Gasteiger partial charge is 1.00 e. The summed E-state index contributed by atoms with van der Waals surface area (Å²) >= 11 is 1.83. The predicted octanol–water partition coefficient (Wildman–Crippen LogP) is -2.03. The summed E-state index contributed by atoms with van der Waals surface area (Å²) in [5.41, 5.74) is 0. The monoisotopic (exact) mass is 347 g/mol. The van der Waals surface area contributed by atoms with Crippen molar-refractivity contribution in [3.63, 3.8) is 0 Å². The van der Waals surface area contributed by atoms with Crippen LogP contribution in [0, 0.1) is 0 Å². The van der Waals surface area contributed by atoms with E-state index in [1.165, 1.54) is 6.54 Å². The quantitative estimate of drug-likeness (QED) is 0.595. The van der Waals surface area contributed by atoms with Crippen LogP contribution in [0.5, 0.6) is 0 Å². The van der Waals surface area contributed by atoms with Crippen LogP contribution in [0.25, 0.3) is 0 Å². The summed E-state index contributed by atoms with van der Waals surface area (Å²) in [5, 5.41) is 4.38. The second-order valence-corrected chi connectivity index (χ2v) is 5.06. The number of halogens is 2. The Bertz CT molecular complexity index is 180. The van der Waals surface area contributed by atoms with Crippen LogP contribution < -0.4 is 22.3 Å². The van der Waals surface area contributed by atoms with Gasteiger partial charge >= 0.3 is 0 Å². The first kappa shape index (κ1) is 17.1. The van der Waals surface area contributed by atoms with Gasteiger partial charge in [0.1, 0.15) is 0 Å². The van der Waals surface area contributed by atoms with Crippen molar-refractivity contribution < 1.29 is 21.5 Å². The molecule has 86 valence electrons. The van der Waals surface area contributed by atoms with E-state index >= 15 is 0 Å². The number of nitrogens with one attached hydrogen (secondary N) is 1. The van der Waals surface area contributed by atoms with Crippen molar-refractivity contribution in [2.75, 3.05) is 46.5 Å². The molecule has 0 saturated heterocycles. The number of hydrogen-bond donors (Lipinski definition) is 1. The van der Waals surface area contributed by atoms with E-state index in [4.69, 9.17) is 0 Å². The molecule has 1 aliphatic rings. The lowest BCUT2D eigenvalue weighted by Crippen LogP contribution is -3.00. The first-order valence-corrected chi connectivity index (χ1v) is 5.28. The van der Waals surface area contributed by atoms with E-state index < -0.39 is 0 Å². The zero-order valence-electron chi connectivity index (χ0n) is 8.92. The van der Waals surface area contributed by atoms with Crippen LogP contribution in [0.1, 0.15) is 0 Å². The molecule has 0 aromatic heterocycles. The summed E-state index contributed by atoms with van der Waals surface area (Å²) in [6.45, 7) is 3.16. The maximum absolute atomic E-state index is 4.32. The molecule has 1 rings (SSSR count). The third-order valence-corrected chi connectivity index (χ3v) is 2.58. The van der Waals surface area contributed by atoms with E-state index in [1.807, 2.05) is 11.8 Å². The van der Waals surface area contributed by atoms with Crippen molar-refractivity contribution in [1.82, 2.24) is 5.32 Å². The van der Waals surface area contributed by atoms with Gasteiger partial charge in [-0.1, -0.05) is 11.8 Å². The Morgan fingerprint density at radius 3 is 2.50 bits per heavy atom. The molecular weight excluding hydrogens is 330 g/mol. The van der Waals surface area contributed by atoms with E-state index in [0.29, 0.717) is 0 Å². The molecule has 0 saturated carbocycles. The summed E-state index contributed by atoms with van der Waals surface area (Å²) < 4.78 is 1.03. The van der Waals surface area contributed by atoms with Crippen molar-refractivity contribution in [2.24, 2.45) is 4.99 Å². The van der Waals surface area contributed by atoms with Crippen LogP contribution in [-0.2, 0) is 0 Å². The Kier molecular flexibility index (Phi) is 9.75. The van der Waals surface area contributed by atoms with Crippen molar-refractivity contribution in [3.05, 3.63) is 0 Å². The number of quaternary nitrogens is 1. The number of thioether (sulfide) groups is 1. The molecule has 0 aliphatic carbocycles. The molecule has 6 heteroatoms. The highest BCUT2D eigenvalue weighted by atomic mass is 79.9. The summed E-state index contributed by atoms with van der Waals surface area (Å²) in [4.78, 5) is 4.32. The maximum atomic E-state index is 4.32. The molecule has 1 aliphatic heterocycles. The number of hydrogen-bond acceptors (Lipinski definition) is 3.